The molecule has 4 aliphatic rings. The Labute approximate surface area is 391 Å². The summed E-state index contributed by atoms with van der Waals surface area (Å²) in [6.45, 7) is 2.00. The zero-order valence-corrected chi connectivity index (χ0v) is 39.9. The Hall–Kier alpha value is -3.32. The number of thiol groups is 1. The molecular formula is C46H66N2O17S. The molecule has 2 aromatic carbocycles. The minimum absolute atomic E-state index is 0.0180. The van der Waals surface area contributed by atoms with Crippen molar-refractivity contribution in [2.24, 2.45) is 0 Å². The number of carbonyl (C=O) groups is 3. The Bertz CT molecular complexity index is 1830. The van der Waals surface area contributed by atoms with Crippen LogP contribution in [0.4, 0.5) is 0 Å². The van der Waals surface area contributed by atoms with Crippen LogP contribution < -0.4 is 10.6 Å². The Balaban J connectivity index is 1.11. The van der Waals surface area contributed by atoms with Gasteiger partial charge in [0.1, 0.15) is 67.6 Å². The van der Waals surface area contributed by atoms with E-state index in [4.69, 9.17) is 66.3 Å². The van der Waals surface area contributed by atoms with Gasteiger partial charge in [-0.1, -0.05) is 48.5 Å². The Morgan fingerprint density at radius 1 is 0.561 bits per heavy atom. The van der Waals surface area contributed by atoms with Gasteiger partial charge in [-0.2, -0.15) is 12.6 Å². The van der Waals surface area contributed by atoms with Gasteiger partial charge in [-0.3, -0.25) is 14.4 Å². The molecule has 15 atom stereocenters. The maximum atomic E-state index is 13.4. The number of amides is 2. The number of nitrogens with one attached hydrogen (secondary N) is 2. The zero-order chi connectivity index (χ0) is 47.5. The minimum atomic E-state index is -1.12. The van der Waals surface area contributed by atoms with E-state index >= 15 is 0 Å². The van der Waals surface area contributed by atoms with Gasteiger partial charge in [-0.25, -0.2) is 0 Å². The van der Waals surface area contributed by atoms with Crippen LogP contribution in [-0.4, -0.2) is 192 Å². The second-order valence-electron chi connectivity index (χ2n) is 16.4. The average Bonchev–Trinajstić information content (AvgIpc) is 3.65. The molecule has 0 bridgehead atoms. The summed E-state index contributed by atoms with van der Waals surface area (Å²) >= 11 is 4.10. The Morgan fingerprint density at radius 2 is 1.06 bits per heavy atom. The van der Waals surface area contributed by atoms with Crippen LogP contribution in [0.5, 0.6) is 0 Å². The van der Waals surface area contributed by atoms with E-state index in [1.54, 1.807) is 6.92 Å². The maximum absolute atomic E-state index is 13.4. The number of ether oxygens (including phenoxy) is 14. The van der Waals surface area contributed by atoms with Gasteiger partial charge in [0, 0.05) is 69.2 Å². The molecule has 0 aromatic heterocycles. The Morgan fingerprint density at radius 3 is 1.59 bits per heavy atom. The summed E-state index contributed by atoms with van der Waals surface area (Å²) in [5.74, 6) is -1.39. The molecule has 15 unspecified atom stereocenters. The van der Waals surface area contributed by atoms with E-state index in [2.05, 4.69) is 35.4 Å². The van der Waals surface area contributed by atoms with Gasteiger partial charge in [-0.15, -0.1) is 0 Å². The van der Waals surface area contributed by atoms with Gasteiger partial charge in [0.05, 0.1) is 37.5 Å². The average molecular weight is 951 g/mol. The van der Waals surface area contributed by atoms with Crippen molar-refractivity contribution >= 4 is 30.4 Å². The number of carbonyl (C=O) groups excluding carboxylic acids is 3. The van der Waals surface area contributed by atoms with E-state index in [1.807, 2.05) is 36.4 Å². The van der Waals surface area contributed by atoms with Crippen LogP contribution in [0.3, 0.4) is 0 Å². The molecule has 1 aliphatic carbocycles. The normalized spacial score (nSPS) is 33.2. The molecule has 2 aromatic rings. The van der Waals surface area contributed by atoms with E-state index in [1.165, 1.54) is 56.9 Å². The fourth-order valence-electron chi connectivity index (χ4n) is 9.50. The fraction of sp³-hybridized carbons (Fsp3) is 0.674. The van der Waals surface area contributed by atoms with Gasteiger partial charge in [0.15, 0.2) is 18.8 Å². The quantitative estimate of drug-likeness (QED) is 0.114. The molecule has 3 saturated heterocycles. The number of fused-ring (bicyclic) bond motifs is 3. The Kier molecular flexibility index (Phi) is 19.6. The van der Waals surface area contributed by atoms with Gasteiger partial charge >= 0.3 is 5.97 Å². The molecule has 20 heteroatoms. The number of benzene rings is 2. The van der Waals surface area contributed by atoms with Crippen molar-refractivity contribution in [1.82, 2.24) is 10.6 Å². The highest BCUT2D eigenvalue weighted by Gasteiger charge is 2.56. The third-order valence-electron chi connectivity index (χ3n) is 12.6. The van der Waals surface area contributed by atoms with Gasteiger partial charge in [-0.05, 0) is 29.2 Å². The van der Waals surface area contributed by atoms with Crippen LogP contribution >= 0.6 is 12.6 Å². The number of rotatable bonds is 22. The molecule has 3 fully saturated rings. The molecule has 6 rings (SSSR count). The van der Waals surface area contributed by atoms with Crippen molar-refractivity contribution in [1.29, 1.82) is 0 Å². The standard InChI is InChI=1S/C46H66N2O17S/c1-24-35(47-33(50)23-66)38(54-4)42(58-8)45(61-24)64-37-31(22-53-3)63-46(43(59-9)40(37)56-6)65-36-30(21-52-2)62-44(41(57-7)39(36)55-5)48-32(49)18-19-34(51)60-20-29-27-16-12-10-14-25(27)26-15-11-13-17-28(26)29/h10-17,24,29-31,35-46,66H,18-23H2,1-9H3,(H,47,50)(H,48,49). The lowest BCUT2D eigenvalue weighted by atomic mass is 9.94. The first kappa shape index (κ1) is 52.1. The summed E-state index contributed by atoms with van der Waals surface area (Å²) in [7, 11) is 12.0. The van der Waals surface area contributed by atoms with Gasteiger partial charge in [0.25, 0.3) is 0 Å². The second-order valence-corrected chi connectivity index (χ2v) is 16.7. The minimum Gasteiger partial charge on any atom is -0.465 e. The second kappa shape index (κ2) is 24.8. The van der Waals surface area contributed by atoms with Crippen LogP contribution in [0.2, 0.25) is 0 Å². The lowest BCUT2D eigenvalue weighted by Crippen LogP contribution is -2.69. The summed E-state index contributed by atoms with van der Waals surface area (Å²) in [5, 5.41) is 5.77. The molecule has 0 saturated carbocycles. The molecule has 3 aliphatic heterocycles. The van der Waals surface area contributed by atoms with E-state index in [0.29, 0.717) is 0 Å². The van der Waals surface area contributed by atoms with Crippen molar-refractivity contribution in [3.8, 4) is 11.1 Å². The van der Waals surface area contributed by atoms with Gasteiger partial charge < -0.3 is 76.9 Å². The van der Waals surface area contributed by atoms with E-state index in [9.17, 15) is 14.4 Å². The highest BCUT2D eigenvalue weighted by Crippen LogP contribution is 2.44. The van der Waals surface area contributed by atoms with Crippen LogP contribution in [0, 0.1) is 0 Å². The highest BCUT2D eigenvalue weighted by molar-refractivity contribution is 7.81. The number of esters is 1. The van der Waals surface area contributed by atoms with Crippen molar-refractivity contribution in [2.45, 2.75) is 118 Å². The van der Waals surface area contributed by atoms with Crippen molar-refractivity contribution < 1.29 is 80.7 Å². The third-order valence-corrected chi connectivity index (χ3v) is 12.9. The fourth-order valence-corrected chi connectivity index (χ4v) is 9.59. The molecule has 2 amide bonds. The lowest BCUT2D eigenvalue weighted by Gasteiger charge is -2.51. The highest BCUT2D eigenvalue weighted by atomic mass is 32.1. The van der Waals surface area contributed by atoms with Crippen LogP contribution in [0.15, 0.2) is 48.5 Å². The molecule has 0 radical (unpaired) electrons. The van der Waals surface area contributed by atoms with Crippen LogP contribution in [0.25, 0.3) is 11.1 Å². The lowest BCUT2D eigenvalue weighted by molar-refractivity contribution is -0.374. The SMILES string of the molecule is COCC1OC(NC(=O)CCC(=O)OCC2c3ccccc3-c3ccccc32)C(OC)C(OC)C1OC1OC(COC)C(OC2OC(C)C(NC(=O)CS)C(OC)C2OC)C(OC)C1OC. The van der Waals surface area contributed by atoms with E-state index in [0.717, 1.165) is 22.3 Å². The van der Waals surface area contributed by atoms with Crippen molar-refractivity contribution in [3.05, 3.63) is 59.7 Å². The van der Waals surface area contributed by atoms with Gasteiger partial charge in [0.2, 0.25) is 11.8 Å². The monoisotopic (exact) mass is 950 g/mol. The molecule has 368 valence electrons. The summed E-state index contributed by atoms with van der Waals surface area (Å²) in [4.78, 5) is 38.8. The van der Waals surface area contributed by atoms with Crippen LogP contribution in [-0.2, 0) is 80.7 Å². The number of hydrogen-bond acceptors (Lipinski definition) is 18. The first-order chi connectivity index (χ1) is 32.0. The molecule has 19 nitrogen and oxygen atoms in total. The van der Waals surface area contributed by atoms with E-state index < -0.39 is 104 Å². The first-order valence-electron chi connectivity index (χ1n) is 22.0. The molecule has 2 N–H and O–H groups in total. The molecule has 3 heterocycles. The molecular weight excluding hydrogens is 885 g/mol. The van der Waals surface area contributed by atoms with Crippen molar-refractivity contribution in [3.63, 3.8) is 0 Å². The first-order valence-corrected chi connectivity index (χ1v) is 22.6. The molecule has 66 heavy (non-hydrogen) atoms. The number of hydrogen-bond donors (Lipinski definition) is 3. The summed E-state index contributed by atoms with van der Waals surface area (Å²) in [5.41, 5.74) is 4.44. The third kappa shape index (κ3) is 11.6. The zero-order valence-electron chi connectivity index (χ0n) is 39.0. The van der Waals surface area contributed by atoms with Crippen LogP contribution in [0.1, 0.15) is 36.8 Å². The number of methoxy groups -OCH3 is 8. The van der Waals surface area contributed by atoms with Crippen molar-refractivity contribution in [2.75, 3.05) is 82.5 Å². The maximum Gasteiger partial charge on any atom is 0.306 e. The summed E-state index contributed by atoms with van der Waals surface area (Å²) in [6, 6.07) is 15.6. The smallest absolute Gasteiger partial charge is 0.306 e. The molecule has 0 spiro atoms. The summed E-state index contributed by atoms with van der Waals surface area (Å²) < 4.78 is 85.4. The largest absolute Gasteiger partial charge is 0.465 e. The summed E-state index contributed by atoms with van der Waals surface area (Å²) in [6.07, 6.45) is -12.4. The van der Waals surface area contributed by atoms with E-state index in [-0.39, 0.29) is 50.2 Å². The predicted molar refractivity (Wildman–Crippen MR) is 238 cm³/mol. The topological polar surface area (TPSA) is 204 Å². The predicted octanol–water partition coefficient (Wildman–Crippen LogP) is 2.00.